The van der Waals surface area contributed by atoms with Crippen LogP contribution in [0.25, 0.3) is 0 Å². The molecule has 0 atom stereocenters. The molecule has 0 heterocycles. The molecule has 2 aromatic rings. The summed E-state index contributed by atoms with van der Waals surface area (Å²) in [6.45, 7) is 0.788. The predicted octanol–water partition coefficient (Wildman–Crippen LogP) is 4.68. The molecule has 0 saturated heterocycles. The van der Waals surface area contributed by atoms with Crippen LogP contribution in [0.3, 0.4) is 0 Å². The molecule has 24 heavy (non-hydrogen) atoms. The van der Waals surface area contributed by atoms with Gasteiger partial charge in [-0.15, -0.1) is 0 Å². The van der Waals surface area contributed by atoms with E-state index in [4.69, 9.17) is 27.9 Å². The number of urea groups is 1. The number of hydrogen-bond donors (Lipinski definition) is 2. The second-order valence-corrected chi connectivity index (χ2v) is 6.48. The zero-order valence-electron chi connectivity index (χ0n) is 13.1. The molecule has 0 unspecified atom stereocenters. The fourth-order valence-electron chi connectivity index (χ4n) is 2.73. The van der Waals surface area contributed by atoms with Crippen LogP contribution in [-0.2, 0) is 12.8 Å². The molecule has 2 N–H and O–H groups in total. The summed E-state index contributed by atoms with van der Waals surface area (Å²) in [6, 6.07) is 10.7. The molecule has 2 amide bonds. The van der Waals surface area contributed by atoms with Gasteiger partial charge in [0, 0.05) is 5.02 Å². The lowest BCUT2D eigenvalue weighted by Gasteiger charge is -2.11. The van der Waals surface area contributed by atoms with Crippen LogP contribution in [0.1, 0.15) is 17.5 Å². The molecule has 4 nitrogen and oxygen atoms in total. The quantitative estimate of drug-likeness (QED) is 0.756. The zero-order valence-corrected chi connectivity index (χ0v) is 14.6. The first kappa shape index (κ1) is 16.9. The maximum atomic E-state index is 11.9. The fraction of sp³-hybridized carbons (Fsp3) is 0.278. The third-order valence-electron chi connectivity index (χ3n) is 3.90. The van der Waals surface area contributed by atoms with Gasteiger partial charge in [-0.05, 0) is 60.7 Å². The molecule has 1 aliphatic rings. The molecule has 0 radical (unpaired) electrons. The third-order valence-corrected chi connectivity index (χ3v) is 4.47. The van der Waals surface area contributed by atoms with E-state index in [-0.39, 0.29) is 6.03 Å². The number of benzene rings is 2. The molecular weight excluding hydrogens is 347 g/mol. The average Bonchev–Trinajstić information content (AvgIpc) is 3.03. The molecule has 0 bridgehead atoms. The smallest absolute Gasteiger partial charge is 0.319 e. The average molecular weight is 365 g/mol. The van der Waals surface area contributed by atoms with E-state index in [2.05, 4.69) is 22.8 Å². The van der Waals surface area contributed by atoms with Gasteiger partial charge in [0.25, 0.3) is 0 Å². The summed E-state index contributed by atoms with van der Waals surface area (Å²) in [5, 5.41) is 6.33. The third kappa shape index (κ3) is 4.34. The van der Waals surface area contributed by atoms with Gasteiger partial charge in [-0.3, -0.25) is 0 Å². The molecule has 0 aromatic heterocycles. The van der Waals surface area contributed by atoms with Gasteiger partial charge < -0.3 is 15.4 Å². The largest absolute Gasteiger partial charge is 0.492 e. The Kier molecular flexibility index (Phi) is 5.48. The van der Waals surface area contributed by atoms with Crippen molar-refractivity contribution >= 4 is 34.9 Å². The van der Waals surface area contributed by atoms with Gasteiger partial charge in [0.2, 0.25) is 0 Å². The maximum absolute atomic E-state index is 11.9. The molecule has 126 valence electrons. The van der Waals surface area contributed by atoms with Crippen LogP contribution < -0.4 is 15.4 Å². The first-order chi connectivity index (χ1) is 11.6. The number of ether oxygens (including phenoxy) is 1. The van der Waals surface area contributed by atoms with Gasteiger partial charge in [-0.2, -0.15) is 0 Å². The monoisotopic (exact) mass is 364 g/mol. The van der Waals surface area contributed by atoms with E-state index in [1.807, 2.05) is 6.07 Å². The van der Waals surface area contributed by atoms with Crippen molar-refractivity contribution in [3.63, 3.8) is 0 Å². The van der Waals surface area contributed by atoms with Crippen LogP contribution in [-0.4, -0.2) is 19.2 Å². The highest BCUT2D eigenvalue weighted by molar-refractivity contribution is 6.35. The second kappa shape index (κ2) is 7.77. The van der Waals surface area contributed by atoms with Gasteiger partial charge in [-0.1, -0.05) is 29.3 Å². The topological polar surface area (TPSA) is 50.4 Å². The Bertz CT molecular complexity index is 750. The Morgan fingerprint density at radius 2 is 1.92 bits per heavy atom. The minimum Gasteiger partial charge on any atom is -0.492 e. The number of fused-ring (bicyclic) bond motifs is 1. The number of amides is 2. The summed E-state index contributed by atoms with van der Waals surface area (Å²) in [6.07, 6.45) is 3.49. The number of anilines is 1. The minimum absolute atomic E-state index is 0.350. The van der Waals surface area contributed by atoms with Crippen molar-refractivity contribution in [3.8, 4) is 5.75 Å². The number of rotatable bonds is 5. The van der Waals surface area contributed by atoms with Crippen LogP contribution in [0.5, 0.6) is 5.75 Å². The first-order valence-corrected chi connectivity index (χ1v) is 8.62. The van der Waals surface area contributed by atoms with Crippen molar-refractivity contribution in [3.05, 3.63) is 57.6 Å². The van der Waals surface area contributed by atoms with Gasteiger partial charge in [-0.25, -0.2) is 4.79 Å². The van der Waals surface area contributed by atoms with Gasteiger partial charge in [0.1, 0.15) is 12.4 Å². The Hall–Kier alpha value is -1.91. The van der Waals surface area contributed by atoms with Crippen molar-refractivity contribution in [2.24, 2.45) is 0 Å². The number of nitrogens with one attached hydrogen (secondary N) is 2. The van der Waals surface area contributed by atoms with E-state index >= 15 is 0 Å². The van der Waals surface area contributed by atoms with E-state index in [0.29, 0.717) is 28.9 Å². The van der Waals surface area contributed by atoms with Crippen molar-refractivity contribution in [2.45, 2.75) is 19.3 Å². The van der Waals surface area contributed by atoms with E-state index in [1.54, 1.807) is 18.2 Å². The van der Waals surface area contributed by atoms with Crippen LogP contribution in [0.2, 0.25) is 10.0 Å². The predicted molar refractivity (Wildman–Crippen MR) is 97.4 cm³/mol. The molecule has 0 spiro atoms. The number of carbonyl (C=O) groups is 1. The maximum Gasteiger partial charge on any atom is 0.319 e. The van der Waals surface area contributed by atoms with E-state index in [9.17, 15) is 4.79 Å². The van der Waals surface area contributed by atoms with Crippen LogP contribution in [0, 0.1) is 0 Å². The molecule has 3 rings (SSSR count). The summed E-state index contributed by atoms with van der Waals surface area (Å²) in [4.78, 5) is 11.9. The van der Waals surface area contributed by atoms with E-state index in [0.717, 1.165) is 18.6 Å². The fourth-order valence-corrected chi connectivity index (χ4v) is 3.07. The Balaban J connectivity index is 1.43. The number of hydrogen-bond acceptors (Lipinski definition) is 2. The number of carbonyl (C=O) groups excluding carboxylic acids is 1. The second-order valence-electron chi connectivity index (χ2n) is 5.64. The van der Waals surface area contributed by atoms with Crippen LogP contribution in [0.4, 0.5) is 10.5 Å². The summed E-state index contributed by atoms with van der Waals surface area (Å²) in [5.41, 5.74) is 3.26. The Morgan fingerprint density at radius 3 is 2.79 bits per heavy atom. The zero-order chi connectivity index (χ0) is 16.9. The highest BCUT2D eigenvalue weighted by Crippen LogP contribution is 2.26. The summed E-state index contributed by atoms with van der Waals surface area (Å²) in [5.74, 6) is 0.843. The standard InChI is InChI=1S/C18H18Cl2N2O2/c19-14-5-7-16(20)17(11-14)22-18(23)21-8-9-24-15-6-4-12-2-1-3-13(12)10-15/h4-7,10-11H,1-3,8-9H2,(H2,21,22,23). The first-order valence-electron chi connectivity index (χ1n) is 7.86. The lowest BCUT2D eigenvalue weighted by atomic mass is 10.1. The van der Waals surface area contributed by atoms with Crippen LogP contribution >= 0.6 is 23.2 Å². The molecule has 0 aliphatic heterocycles. The van der Waals surface area contributed by atoms with Gasteiger partial charge in [0.05, 0.1) is 17.3 Å². The lowest BCUT2D eigenvalue weighted by Crippen LogP contribution is -2.32. The van der Waals surface area contributed by atoms with Crippen molar-refractivity contribution < 1.29 is 9.53 Å². The van der Waals surface area contributed by atoms with Gasteiger partial charge >= 0.3 is 6.03 Å². The van der Waals surface area contributed by atoms with Crippen molar-refractivity contribution in [1.29, 1.82) is 0 Å². The SMILES string of the molecule is O=C(NCCOc1ccc2c(c1)CCC2)Nc1cc(Cl)ccc1Cl. The lowest BCUT2D eigenvalue weighted by molar-refractivity contribution is 0.247. The van der Waals surface area contributed by atoms with Crippen molar-refractivity contribution in [2.75, 3.05) is 18.5 Å². The minimum atomic E-state index is -0.350. The highest BCUT2D eigenvalue weighted by atomic mass is 35.5. The molecule has 6 heteroatoms. The van der Waals surface area contributed by atoms with Crippen molar-refractivity contribution in [1.82, 2.24) is 5.32 Å². The normalized spacial score (nSPS) is 12.6. The highest BCUT2D eigenvalue weighted by Gasteiger charge is 2.11. The Morgan fingerprint density at radius 1 is 1.08 bits per heavy atom. The van der Waals surface area contributed by atoms with E-state index < -0.39 is 0 Å². The van der Waals surface area contributed by atoms with E-state index in [1.165, 1.54) is 17.5 Å². The summed E-state index contributed by atoms with van der Waals surface area (Å²) in [7, 11) is 0. The summed E-state index contributed by atoms with van der Waals surface area (Å²) >= 11 is 11.9. The molecule has 2 aromatic carbocycles. The summed E-state index contributed by atoms with van der Waals surface area (Å²) < 4.78 is 5.69. The molecule has 0 saturated carbocycles. The Labute approximate surface area is 151 Å². The molecule has 0 fully saturated rings. The van der Waals surface area contributed by atoms with Gasteiger partial charge in [0.15, 0.2) is 0 Å². The van der Waals surface area contributed by atoms with Crippen LogP contribution in [0.15, 0.2) is 36.4 Å². The molecule has 1 aliphatic carbocycles. The molecular formula is C18H18Cl2N2O2. The number of halogens is 2. The number of aryl methyl sites for hydroxylation is 2.